The number of aromatic nitrogens is 2. The summed E-state index contributed by atoms with van der Waals surface area (Å²) in [6.45, 7) is 1.27. The van der Waals surface area contributed by atoms with Gasteiger partial charge >= 0.3 is 0 Å². The Kier molecular flexibility index (Phi) is 4.58. The van der Waals surface area contributed by atoms with Gasteiger partial charge in [-0.1, -0.05) is 0 Å². The molecule has 0 saturated carbocycles. The first-order valence-electron chi connectivity index (χ1n) is 10.1. The molecular weight excluding hydrogens is 384 g/mol. The standard InChI is InChI=1S/C22H26N4O4/c1-25(2)7-5-6-21-23-14-9-18(28-4)17(27-3)8-13(14)22-24-15-10-19-20(30-12-29-19)11-16(15)26(21)22/h8-11,21,23H,5-7,12H2,1-4H3. The minimum absolute atomic E-state index is 0.0657. The molecule has 0 radical (unpaired) electrons. The summed E-state index contributed by atoms with van der Waals surface area (Å²) in [4.78, 5) is 7.18. The van der Waals surface area contributed by atoms with E-state index >= 15 is 0 Å². The SMILES string of the molecule is COc1cc2c(cc1OC)-c1nc3cc4c(cc3n1C(CCCN(C)C)N2)OCO4. The number of rotatable bonds is 6. The molecule has 0 bridgehead atoms. The first-order chi connectivity index (χ1) is 14.6. The van der Waals surface area contributed by atoms with Gasteiger partial charge in [-0.05, 0) is 39.5 Å². The summed E-state index contributed by atoms with van der Waals surface area (Å²) in [7, 11) is 7.49. The first kappa shape index (κ1) is 18.9. The van der Waals surface area contributed by atoms with E-state index in [1.165, 1.54) is 0 Å². The Labute approximate surface area is 175 Å². The Bertz CT molecular complexity index is 1110. The lowest BCUT2D eigenvalue weighted by molar-refractivity contribution is 0.174. The van der Waals surface area contributed by atoms with E-state index in [9.17, 15) is 0 Å². The zero-order chi connectivity index (χ0) is 20.8. The second kappa shape index (κ2) is 7.28. The minimum atomic E-state index is 0.0657. The first-order valence-corrected chi connectivity index (χ1v) is 10.1. The zero-order valence-corrected chi connectivity index (χ0v) is 17.7. The smallest absolute Gasteiger partial charge is 0.231 e. The number of hydrogen-bond acceptors (Lipinski definition) is 7. The average Bonchev–Trinajstić information content (AvgIpc) is 3.34. The van der Waals surface area contributed by atoms with E-state index in [-0.39, 0.29) is 13.0 Å². The van der Waals surface area contributed by atoms with Crippen LogP contribution in [0.25, 0.3) is 22.4 Å². The van der Waals surface area contributed by atoms with Gasteiger partial charge in [-0.2, -0.15) is 0 Å². The van der Waals surface area contributed by atoms with Crippen LogP contribution in [-0.2, 0) is 0 Å². The van der Waals surface area contributed by atoms with Crippen LogP contribution in [0.4, 0.5) is 5.69 Å². The Morgan fingerprint density at radius 1 is 1.10 bits per heavy atom. The van der Waals surface area contributed by atoms with Crippen LogP contribution in [0.5, 0.6) is 23.0 Å². The molecule has 1 unspecified atom stereocenters. The molecule has 8 heteroatoms. The third kappa shape index (κ3) is 2.99. The van der Waals surface area contributed by atoms with Gasteiger partial charge in [0.2, 0.25) is 6.79 Å². The average molecular weight is 410 g/mol. The lowest BCUT2D eigenvalue weighted by Gasteiger charge is -2.31. The van der Waals surface area contributed by atoms with Crippen LogP contribution >= 0.6 is 0 Å². The fourth-order valence-electron chi connectivity index (χ4n) is 4.22. The molecule has 5 rings (SSSR count). The van der Waals surface area contributed by atoms with Gasteiger partial charge in [-0.15, -0.1) is 0 Å². The van der Waals surface area contributed by atoms with Crippen molar-refractivity contribution >= 4 is 16.7 Å². The van der Waals surface area contributed by atoms with Gasteiger partial charge in [-0.3, -0.25) is 0 Å². The van der Waals surface area contributed by atoms with Crippen LogP contribution in [0.15, 0.2) is 24.3 Å². The van der Waals surface area contributed by atoms with E-state index in [1.807, 2.05) is 24.3 Å². The summed E-state index contributed by atoms with van der Waals surface area (Å²) < 4.78 is 24.5. The summed E-state index contributed by atoms with van der Waals surface area (Å²) in [6.07, 6.45) is 2.08. The van der Waals surface area contributed by atoms with Crippen molar-refractivity contribution in [1.29, 1.82) is 0 Å². The lowest BCUT2D eigenvalue weighted by atomic mass is 10.1. The summed E-state index contributed by atoms with van der Waals surface area (Å²) in [5, 5.41) is 3.70. The Hall–Kier alpha value is -3.13. The normalized spacial score (nSPS) is 16.4. The van der Waals surface area contributed by atoms with Crippen molar-refractivity contribution in [2.75, 3.05) is 47.0 Å². The maximum atomic E-state index is 5.62. The van der Waals surface area contributed by atoms with Gasteiger partial charge in [0.25, 0.3) is 0 Å². The van der Waals surface area contributed by atoms with Crippen LogP contribution in [0, 0.1) is 0 Å². The van der Waals surface area contributed by atoms with E-state index in [0.29, 0.717) is 11.5 Å². The van der Waals surface area contributed by atoms with Crippen LogP contribution in [-0.4, -0.2) is 56.1 Å². The number of benzene rings is 2. The molecule has 1 aromatic heterocycles. The second-order valence-electron chi connectivity index (χ2n) is 7.86. The van der Waals surface area contributed by atoms with Gasteiger partial charge in [0.1, 0.15) is 12.0 Å². The summed E-state index contributed by atoms with van der Waals surface area (Å²) >= 11 is 0. The number of nitrogens with zero attached hydrogens (tertiary/aromatic N) is 3. The molecular formula is C22H26N4O4. The van der Waals surface area contributed by atoms with Gasteiger partial charge in [0.15, 0.2) is 23.0 Å². The quantitative estimate of drug-likeness (QED) is 0.664. The Morgan fingerprint density at radius 3 is 2.57 bits per heavy atom. The Balaban J connectivity index is 1.66. The maximum Gasteiger partial charge on any atom is 0.231 e. The highest BCUT2D eigenvalue weighted by Gasteiger charge is 2.30. The van der Waals surface area contributed by atoms with Crippen LogP contribution in [0.2, 0.25) is 0 Å². The van der Waals surface area contributed by atoms with Gasteiger partial charge in [0, 0.05) is 23.8 Å². The molecule has 1 atom stereocenters. The van der Waals surface area contributed by atoms with Crippen molar-refractivity contribution in [3.63, 3.8) is 0 Å². The highest BCUT2D eigenvalue weighted by molar-refractivity contribution is 5.89. The lowest BCUT2D eigenvalue weighted by Crippen LogP contribution is -2.25. The number of hydrogen-bond donors (Lipinski definition) is 1. The molecule has 2 aliphatic heterocycles. The number of fused-ring (bicyclic) bond motifs is 6. The summed E-state index contributed by atoms with van der Waals surface area (Å²) in [6, 6.07) is 7.96. The van der Waals surface area contributed by atoms with E-state index in [0.717, 1.165) is 59.0 Å². The molecule has 3 aromatic rings. The van der Waals surface area contributed by atoms with Crippen molar-refractivity contribution in [1.82, 2.24) is 14.5 Å². The molecule has 0 aliphatic carbocycles. The topological polar surface area (TPSA) is 70.0 Å². The highest BCUT2D eigenvalue weighted by atomic mass is 16.7. The van der Waals surface area contributed by atoms with Gasteiger partial charge < -0.3 is 33.7 Å². The molecule has 158 valence electrons. The monoisotopic (exact) mass is 410 g/mol. The predicted octanol–water partition coefficient (Wildman–Crippen LogP) is 3.72. The number of anilines is 1. The summed E-state index contributed by atoms with van der Waals surface area (Å²) in [5.41, 5.74) is 3.88. The van der Waals surface area contributed by atoms with E-state index < -0.39 is 0 Å². The van der Waals surface area contributed by atoms with Crippen LogP contribution in [0.3, 0.4) is 0 Å². The molecule has 0 spiro atoms. The molecule has 0 saturated heterocycles. The summed E-state index contributed by atoms with van der Waals surface area (Å²) in [5.74, 6) is 3.77. The molecule has 2 aliphatic rings. The largest absolute Gasteiger partial charge is 0.493 e. The fraction of sp³-hybridized carbons (Fsp3) is 0.409. The second-order valence-corrected chi connectivity index (χ2v) is 7.86. The van der Waals surface area contributed by atoms with Crippen molar-refractivity contribution in [2.24, 2.45) is 0 Å². The van der Waals surface area contributed by atoms with Gasteiger partial charge in [0.05, 0.1) is 30.9 Å². The Morgan fingerprint density at radius 2 is 1.83 bits per heavy atom. The van der Waals surface area contributed by atoms with Crippen molar-refractivity contribution in [2.45, 2.75) is 19.0 Å². The predicted molar refractivity (Wildman–Crippen MR) is 115 cm³/mol. The maximum absolute atomic E-state index is 5.62. The van der Waals surface area contributed by atoms with E-state index in [2.05, 4.69) is 28.9 Å². The molecule has 0 fully saturated rings. The molecule has 30 heavy (non-hydrogen) atoms. The number of nitrogens with one attached hydrogen (secondary N) is 1. The minimum Gasteiger partial charge on any atom is -0.493 e. The van der Waals surface area contributed by atoms with Crippen molar-refractivity contribution in [3.05, 3.63) is 24.3 Å². The number of imidazole rings is 1. The molecule has 2 aromatic carbocycles. The third-order valence-electron chi connectivity index (χ3n) is 5.67. The van der Waals surface area contributed by atoms with E-state index in [1.54, 1.807) is 14.2 Å². The molecule has 3 heterocycles. The number of ether oxygens (including phenoxy) is 4. The fourth-order valence-corrected chi connectivity index (χ4v) is 4.22. The van der Waals surface area contributed by atoms with E-state index in [4.69, 9.17) is 23.9 Å². The molecule has 0 amide bonds. The van der Waals surface area contributed by atoms with Crippen molar-refractivity contribution < 1.29 is 18.9 Å². The zero-order valence-electron chi connectivity index (χ0n) is 17.7. The third-order valence-corrected chi connectivity index (χ3v) is 5.67. The van der Waals surface area contributed by atoms with Crippen LogP contribution < -0.4 is 24.3 Å². The molecule has 1 N–H and O–H groups in total. The molecule has 8 nitrogen and oxygen atoms in total. The van der Waals surface area contributed by atoms with Crippen molar-refractivity contribution in [3.8, 4) is 34.4 Å². The number of methoxy groups -OCH3 is 2. The highest BCUT2D eigenvalue weighted by Crippen LogP contribution is 2.46. The van der Waals surface area contributed by atoms with Gasteiger partial charge in [-0.25, -0.2) is 4.98 Å². The van der Waals surface area contributed by atoms with Crippen LogP contribution in [0.1, 0.15) is 19.0 Å².